The van der Waals surface area contributed by atoms with Gasteiger partial charge in [-0.3, -0.25) is 4.68 Å². The molecule has 0 fully saturated rings. The highest BCUT2D eigenvalue weighted by atomic mass is 16.5. The number of nitrogens with zero attached hydrogens (tertiary/aromatic N) is 2. The number of ether oxygens (including phenoxy) is 2. The average Bonchev–Trinajstić information content (AvgIpc) is 3.19. The van der Waals surface area contributed by atoms with E-state index in [1.807, 2.05) is 37.3 Å². The molecule has 0 aliphatic rings. The highest BCUT2D eigenvalue weighted by Crippen LogP contribution is 2.19. The molecule has 0 spiro atoms. The van der Waals surface area contributed by atoms with Gasteiger partial charge in [-0.05, 0) is 32.4 Å². The zero-order valence-corrected chi connectivity index (χ0v) is 16.3. The van der Waals surface area contributed by atoms with Gasteiger partial charge in [0.15, 0.2) is 0 Å². The number of methoxy groups -OCH3 is 1. The van der Waals surface area contributed by atoms with E-state index in [-0.39, 0.29) is 6.61 Å². The lowest BCUT2D eigenvalue weighted by Gasteiger charge is -2.06. The van der Waals surface area contributed by atoms with Gasteiger partial charge in [-0.1, -0.05) is 30.3 Å². The second kappa shape index (κ2) is 8.12. The topological polar surface area (TPSA) is 83.6 Å². The average molecular weight is 382 g/mol. The molecule has 0 saturated heterocycles. The molecule has 7 heteroatoms. The number of rotatable bonds is 6. The number of hydrogen-bond acceptors (Lipinski definition) is 6. The molecule has 146 valence electrons. The fraction of sp³-hybridized carbons (Fsp3) is 0.286. The molecule has 7 nitrogen and oxygen atoms in total. The van der Waals surface area contributed by atoms with Gasteiger partial charge in [0, 0.05) is 0 Å². The summed E-state index contributed by atoms with van der Waals surface area (Å²) in [4.78, 5) is 24.2. The largest absolute Gasteiger partial charge is 0.465 e. The van der Waals surface area contributed by atoms with Gasteiger partial charge in [-0.15, -0.1) is 0 Å². The SMILES string of the molecule is COC(=O)c1cc(COC(=O)c2c(C)nn(Cc3ccccc3)c2C)oc1C. The molecule has 0 amide bonds. The van der Waals surface area contributed by atoms with E-state index in [1.54, 1.807) is 18.5 Å². The number of aromatic nitrogens is 2. The standard InChI is InChI=1S/C21H22N2O5/c1-13-19(14(2)23(22-13)11-16-8-6-5-7-9-16)21(25)27-12-17-10-18(15(3)28-17)20(24)26-4/h5-10H,11-12H2,1-4H3. The van der Waals surface area contributed by atoms with Crippen molar-refractivity contribution < 1.29 is 23.5 Å². The Hall–Kier alpha value is -3.35. The third-order valence-corrected chi connectivity index (χ3v) is 4.48. The summed E-state index contributed by atoms with van der Waals surface area (Å²) in [6.07, 6.45) is 0. The number of benzene rings is 1. The van der Waals surface area contributed by atoms with E-state index >= 15 is 0 Å². The van der Waals surface area contributed by atoms with Crippen LogP contribution in [0.5, 0.6) is 0 Å². The highest BCUT2D eigenvalue weighted by molar-refractivity contribution is 5.92. The van der Waals surface area contributed by atoms with Gasteiger partial charge in [-0.2, -0.15) is 5.10 Å². The van der Waals surface area contributed by atoms with Crippen LogP contribution in [0.1, 0.15) is 49.2 Å². The number of hydrogen-bond donors (Lipinski definition) is 0. The predicted octanol–water partition coefficient (Wildman–Crippen LogP) is 3.59. The normalized spacial score (nSPS) is 10.7. The molecule has 0 atom stereocenters. The van der Waals surface area contributed by atoms with Gasteiger partial charge in [-0.25, -0.2) is 9.59 Å². The Kier molecular flexibility index (Phi) is 5.63. The molecule has 3 aromatic rings. The van der Waals surface area contributed by atoms with Gasteiger partial charge < -0.3 is 13.9 Å². The van der Waals surface area contributed by atoms with Gasteiger partial charge in [0.25, 0.3) is 0 Å². The first kappa shape index (κ1) is 19.4. The van der Waals surface area contributed by atoms with Crippen LogP contribution in [0.15, 0.2) is 40.8 Å². The maximum atomic E-state index is 12.6. The summed E-state index contributed by atoms with van der Waals surface area (Å²) in [7, 11) is 1.30. The van der Waals surface area contributed by atoms with E-state index in [1.165, 1.54) is 13.2 Å². The fourth-order valence-corrected chi connectivity index (χ4v) is 3.04. The Morgan fingerprint density at radius 3 is 2.50 bits per heavy atom. The third kappa shape index (κ3) is 3.98. The van der Waals surface area contributed by atoms with Crippen LogP contribution in [-0.4, -0.2) is 28.8 Å². The van der Waals surface area contributed by atoms with Crippen molar-refractivity contribution in [2.45, 2.75) is 33.9 Å². The molecular weight excluding hydrogens is 360 g/mol. The minimum atomic E-state index is -0.493. The molecule has 0 bridgehead atoms. The highest BCUT2D eigenvalue weighted by Gasteiger charge is 2.22. The molecule has 3 rings (SSSR count). The van der Waals surface area contributed by atoms with Crippen LogP contribution in [0.25, 0.3) is 0 Å². The molecule has 0 aliphatic heterocycles. The maximum Gasteiger partial charge on any atom is 0.342 e. The van der Waals surface area contributed by atoms with E-state index in [2.05, 4.69) is 5.10 Å². The summed E-state index contributed by atoms with van der Waals surface area (Å²) in [5, 5.41) is 4.47. The van der Waals surface area contributed by atoms with Gasteiger partial charge in [0.05, 0.1) is 25.0 Å². The summed E-state index contributed by atoms with van der Waals surface area (Å²) in [6.45, 7) is 5.75. The van der Waals surface area contributed by atoms with E-state index in [0.29, 0.717) is 34.9 Å². The first-order valence-corrected chi connectivity index (χ1v) is 8.83. The van der Waals surface area contributed by atoms with Gasteiger partial charge in [0.1, 0.15) is 29.3 Å². The van der Waals surface area contributed by atoms with E-state index in [4.69, 9.17) is 13.9 Å². The van der Waals surface area contributed by atoms with Crippen molar-refractivity contribution >= 4 is 11.9 Å². The van der Waals surface area contributed by atoms with Crippen molar-refractivity contribution in [1.29, 1.82) is 0 Å². The molecule has 1 aromatic carbocycles. The van der Waals surface area contributed by atoms with Crippen LogP contribution in [-0.2, 0) is 22.6 Å². The summed E-state index contributed by atoms with van der Waals surface area (Å²) in [5.74, 6) is -0.185. The number of esters is 2. The summed E-state index contributed by atoms with van der Waals surface area (Å²) in [6, 6.07) is 11.4. The van der Waals surface area contributed by atoms with Crippen molar-refractivity contribution in [2.75, 3.05) is 7.11 Å². The molecule has 0 unspecified atom stereocenters. The maximum absolute atomic E-state index is 12.6. The van der Waals surface area contributed by atoms with Crippen LogP contribution < -0.4 is 0 Å². The monoisotopic (exact) mass is 382 g/mol. The molecule has 2 heterocycles. The van der Waals surface area contributed by atoms with E-state index in [0.717, 1.165) is 11.3 Å². The Labute approximate surface area is 162 Å². The lowest BCUT2D eigenvalue weighted by atomic mass is 10.2. The molecule has 28 heavy (non-hydrogen) atoms. The smallest absolute Gasteiger partial charge is 0.342 e. The Balaban J connectivity index is 1.72. The first-order valence-electron chi connectivity index (χ1n) is 8.83. The zero-order valence-electron chi connectivity index (χ0n) is 16.3. The van der Waals surface area contributed by atoms with Crippen LogP contribution in [0, 0.1) is 20.8 Å². The summed E-state index contributed by atoms with van der Waals surface area (Å²) < 4.78 is 17.3. The second-order valence-electron chi connectivity index (χ2n) is 6.44. The lowest BCUT2D eigenvalue weighted by molar-refractivity contribution is 0.0442. The molecule has 2 aromatic heterocycles. The van der Waals surface area contributed by atoms with Crippen LogP contribution in [0.4, 0.5) is 0 Å². The molecule has 0 aliphatic carbocycles. The molecule has 0 saturated carbocycles. The first-order chi connectivity index (χ1) is 13.4. The van der Waals surface area contributed by atoms with Crippen molar-refractivity contribution in [1.82, 2.24) is 9.78 Å². The summed E-state index contributed by atoms with van der Waals surface area (Å²) in [5.41, 5.74) is 3.18. The van der Waals surface area contributed by atoms with Crippen molar-refractivity contribution in [3.8, 4) is 0 Å². The zero-order chi connectivity index (χ0) is 20.3. The Morgan fingerprint density at radius 1 is 1.11 bits per heavy atom. The summed E-state index contributed by atoms with van der Waals surface area (Å²) >= 11 is 0. The van der Waals surface area contributed by atoms with Gasteiger partial charge in [0.2, 0.25) is 0 Å². The van der Waals surface area contributed by atoms with Crippen molar-refractivity contribution in [3.63, 3.8) is 0 Å². The quantitative estimate of drug-likeness (QED) is 0.606. The van der Waals surface area contributed by atoms with Crippen LogP contribution >= 0.6 is 0 Å². The number of carbonyl (C=O) groups is 2. The fourth-order valence-electron chi connectivity index (χ4n) is 3.04. The number of furan rings is 1. The third-order valence-electron chi connectivity index (χ3n) is 4.48. The second-order valence-corrected chi connectivity index (χ2v) is 6.44. The number of aryl methyl sites for hydroxylation is 2. The molecule has 0 radical (unpaired) electrons. The van der Waals surface area contributed by atoms with Crippen LogP contribution in [0.3, 0.4) is 0 Å². The Morgan fingerprint density at radius 2 is 1.82 bits per heavy atom. The molecular formula is C21H22N2O5. The predicted molar refractivity (Wildman–Crippen MR) is 101 cm³/mol. The van der Waals surface area contributed by atoms with Crippen LogP contribution in [0.2, 0.25) is 0 Å². The Bertz CT molecular complexity index is 1000. The lowest BCUT2D eigenvalue weighted by Crippen LogP contribution is -2.09. The van der Waals surface area contributed by atoms with Crippen molar-refractivity contribution in [3.05, 3.63) is 76.0 Å². The van der Waals surface area contributed by atoms with E-state index < -0.39 is 11.9 Å². The minimum Gasteiger partial charge on any atom is -0.465 e. The van der Waals surface area contributed by atoms with Gasteiger partial charge >= 0.3 is 11.9 Å². The van der Waals surface area contributed by atoms with E-state index in [9.17, 15) is 9.59 Å². The molecule has 0 N–H and O–H groups in total. The minimum absolute atomic E-state index is 0.0839. The number of carbonyl (C=O) groups excluding carboxylic acids is 2. The van der Waals surface area contributed by atoms with Crippen molar-refractivity contribution in [2.24, 2.45) is 0 Å².